The second kappa shape index (κ2) is 8.01. The first-order valence-electron chi connectivity index (χ1n) is 14.1. The minimum atomic E-state index is -1.40. The Bertz CT molecular complexity index is 1170. The van der Waals surface area contributed by atoms with Crippen molar-refractivity contribution in [2.24, 2.45) is 34.5 Å². The largest absolute Gasteiger partial charge is 0.459 e. The molecule has 0 aromatic rings. The molecule has 2 heterocycles. The normalized spacial score (nSPS) is 51.8. The summed E-state index contributed by atoms with van der Waals surface area (Å²) in [6, 6.07) is 0. The van der Waals surface area contributed by atoms with Gasteiger partial charge in [-0.05, 0) is 82.3 Å². The summed E-state index contributed by atoms with van der Waals surface area (Å²) in [5, 5.41) is 23.8. The molecule has 0 aromatic heterocycles. The van der Waals surface area contributed by atoms with E-state index in [1.54, 1.807) is 6.92 Å². The molecule has 1 spiro atoms. The Balaban J connectivity index is 1.40. The van der Waals surface area contributed by atoms with Gasteiger partial charge >= 0.3 is 11.9 Å². The topological polar surface area (TPSA) is 123 Å². The van der Waals surface area contributed by atoms with Gasteiger partial charge in [0.15, 0.2) is 5.78 Å². The number of carbonyl (C=O) groups is 3. The van der Waals surface area contributed by atoms with Crippen molar-refractivity contribution in [2.75, 3.05) is 0 Å². The minimum absolute atomic E-state index is 0.0750. The van der Waals surface area contributed by atoms with Gasteiger partial charge < -0.3 is 24.4 Å². The summed E-state index contributed by atoms with van der Waals surface area (Å²) in [5.41, 5.74) is -2.30. The van der Waals surface area contributed by atoms with E-state index in [-0.39, 0.29) is 47.6 Å². The third-order valence-corrected chi connectivity index (χ3v) is 12.1. The van der Waals surface area contributed by atoms with Crippen molar-refractivity contribution in [3.8, 4) is 0 Å². The Morgan fingerprint density at radius 1 is 1.18 bits per heavy atom. The standard InChI is InChI=1S/C30H40O8/c1-14-11-21(37-26(34)15(14)2)16(3)19-12-24(36-17(4)31)29(35)20-13-25-30(38-25)23(33)8-7-22(32)28(30,6)18(20)9-10-27(19,29)5/h7-8,16,18-21,23-25,33,35H,9-13H2,1-6H3/t16-,18-,19+,20+,21+,23-,24-,25+,27+,28-,29+,30+/m0/s1. The highest BCUT2D eigenvalue weighted by Gasteiger charge is 2.83. The van der Waals surface area contributed by atoms with Gasteiger partial charge in [-0.25, -0.2) is 4.79 Å². The zero-order valence-corrected chi connectivity index (χ0v) is 23.2. The Labute approximate surface area is 223 Å². The van der Waals surface area contributed by atoms with Crippen LogP contribution in [0.4, 0.5) is 0 Å². The van der Waals surface area contributed by atoms with E-state index in [2.05, 4.69) is 13.8 Å². The van der Waals surface area contributed by atoms with Crippen molar-refractivity contribution >= 4 is 17.7 Å². The fourth-order valence-electron chi connectivity index (χ4n) is 9.80. The lowest BCUT2D eigenvalue weighted by Gasteiger charge is -2.61. The van der Waals surface area contributed by atoms with E-state index in [1.807, 2.05) is 13.8 Å². The van der Waals surface area contributed by atoms with Crippen LogP contribution < -0.4 is 0 Å². The first-order chi connectivity index (χ1) is 17.7. The van der Waals surface area contributed by atoms with Crippen molar-refractivity contribution in [1.82, 2.24) is 0 Å². The molecule has 208 valence electrons. The summed E-state index contributed by atoms with van der Waals surface area (Å²) in [6.07, 6.45) is 3.58. The third kappa shape index (κ3) is 2.95. The van der Waals surface area contributed by atoms with Crippen molar-refractivity contribution < 1.29 is 38.8 Å². The molecule has 3 saturated carbocycles. The summed E-state index contributed by atoms with van der Waals surface area (Å²) in [7, 11) is 0. The van der Waals surface area contributed by atoms with Gasteiger partial charge in [0.05, 0.1) is 11.5 Å². The summed E-state index contributed by atoms with van der Waals surface area (Å²) < 4.78 is 18.0. The maximum absolute atomic E-state index is 13.5. The average molecular weight is 529 g/mol. The van der Waals surface area contributed by atoms with Gasteiger partial charge in [0.1, 0.15) is 29.5 Å². The predicted molar refractivity (Wildman–Crippen MR) is 135 cm³/mol. The fraction of sp³-hybridized carbons (Fsp3) is 0.767. The maximum atomic E-state index is 13.5. The van der Waals surface area contributed by atoms with Crippen molar-refractivity contribution in [1.29, 1.82) is 0 Å². The van der Waals surface area contributed by atoms with E-state index < -0.39 is 40.2 Å². The predicted octanol–water partition coefficient (Wildman–Crippen LogP) is 3.04. The number of aliphatic hydroxyl groups is 2. The molecule has 0 unspecified atom stereocenters. The van der Waals surface area contributed by atoms with Crippen LogP contribution in [0.1, 0.15) is 73.6 Å². The van der Waals surface area contributed by atoms with Crippen LogP contribution in [0.5, 0.6) is 0 Å². The molecule has 2 N–H and O–H groups in total. The second-order valence-corrected chi connectivity index (χ2v) is 13.4. The molecule has 38 heavy (non-hydrogen) atoms. The van der Waals surface area contributed by atoms with Gasteiger partial charge in [-0.1, -0.05) is 19.4 Å². The van der Waals surface area contributed by atoms with Gasteiger partial charge in [0.25, 0.3) is 0 Å². The molecule has 0 radical (unpaired) electrons. The van der Waals surface area contributed by atoms with Gasteiger partial charge in [-0.15, -0.1) is 0 Å². The number of allylic oxidation sites excluding steroid dienone is 1. The van der Waals surface area contributed by atoms with Crippen LogP contribution in [0.15, 0.2) is 23.3 Å². The number of aliphatic hydroxyl groups excluding tert-OH is 1. The molecule has 4 fully saturated rings. The molecule has 1 saturated heterocycles. The molecular weight excluding hydrogens is 488 g/mol. The number of rotatable bonds is 3. The smallest absolute Gasteiger partial charge is 0.333 e. The first kappa shape index (κ1) is 26.2. The number of carbonyl (C=O) groups excluding carboxylic acids is 3. The molecule has 4 aliphatic carbocycles. The number of esters is 2. The fourth-order valence-corrected chi connectivity index (χ4v) is 9.80. The van der Waals surface area contributed by atoms with Crippen molar-refractivity contribution in [2.45, 2.75) is 109 Å². The first-order valence-corrected chi connectivity index (χ1v) is 14.1. The number of ketones is 1. The highest BCUT2D eigenvalue weighted by molar-refractivity contribution is 5.98. The number of hydrogen-bond donors (Lipinski definition) is 2. The lowest BCUT2D eigenvalue weighted by Crippen LogP contribution is -2.70. The third-order valence-electron chi connectivity index (χ3n) is 12.1. The number of cyclic esters (lactones) is 1. The molecule has 6 rings (SSSR count). The molecule has 8 nitrogen and oxygen atoms in total. The summed E-state index contributed by atoms with van der Waals surface area (Å²) in [4.78, 5) is 38.4. The van der Waals surface area contributed by atoms with Gasteiger partial charge in [0, 0.05) is 24.3 Å². The zero-order valence-electron chi connectivity index (χ0n) is 23.2. The van der Waals surface area contributed by atoms with E-state index in [4.69, 9.17) is 14.2 Å². The van der Waals surface area contributed by atoms with Crippen LogP contribution in [-0.4, -0.2) is 63.6 Å². The van der Waals surface area contributed by atoms with E-state index >= 15 is 0 Å². The molecule has 0 aromatic carbocycles. The summed E-state index contributed by atoms with van der Waals surface area (Å²) >= 11 is 0. The van der Waals surface area contributed by atoms with E-state index in [9.17, 15) is 24.6 Å². The van der Waals surface area contributed by atoms with Gasteiger partial charge in [-0.3, -0.25) is 9.59 Å². The molecule has 0 amide bonds. The Kier molecular flexibility index (Phi) is 5.53. The number of ether oxygens (including phenoxy) is 3. The van der Waals surface area contributed by atoms with Crippen LogP contribution in [0.2, 0.25) is 0 Å². The van der Waals surface area contributed by atoms with Crippen LogP contribution >= 0.6 is 0 Å². The lowest BCUT2D eigenvalue weighted by atomic mass is 9.42. The van der Waals surface area contributed by atoms with Crippen LogP contribution in [0.25, 0.3) is 0 Å². The molecule has 6 aliphatic rings. The summed E-state index contributed by atoms with van der Waals surface area (Å²) in [6.45, 7) is 11.2. The van der Waals surface area contributed by atoms with Crippen molar-refractivity contribution in [3.05, 3.63) is 23.3 Å². The quantitative estimate of drug-likeness (QED) is 0.423. The molecule has 8 heteroatoms. The van der Waals surface area contributed by atoms with E-state index in [0.29, 0.717) is 37.7 Å². The van der Waals surface area contributed by atoms with Crippen LogP contribution in [-0.2, 0) is 28.6 Å². The van der Waals surface area contributed by atoms with Gasteiger partial charge in [-0.2, -0.15) is 0 Å². The van der Waals surface area contributed by atoms with Gasteiger partial charge in [0.2, 0.25) is 0 Å². The SMILES string of the molecule is CC(=O)O[C@H]1C[C@H]([C@H](C)[C@H]2CC(C)=C(C)C(=O)O2)[C@@]2(C)CC[C@H]3[C@@H](C[C@H]4O[C@]45[C@@H](O)C=CC(=O)[C@]35C)[C@@]12O. The number of fused-ring (bicyclic) bond motifs is 4. The summed E-state index contributed by atoms with van der Waals surface area (Å²) in [5.74, 6) is -1.57. The van der Waals surface area contributed by atoms with Crippen molar-refractivity contribution in [3.63, 3.8) is 0 Å². The Hall–Kier alpha value is -2.03. The monoisotopic (exact) mass is 528 g/mol. The van der Waals surface area contributed by atoms with E-state index in [0.717, 1.165) is 5.57 Å². The maximum Gasteiger partial charge on any atom is 0.333 e. The Morgan fingerprint density at radius 3 is 2.55 bits per heavy atom. The molecular formula is C30H40O8. The van der Waals surface area contributed by atoms with Crippen LogP contribution in [0.3, 0.4) is 0 Å². The van der Waals surface area contributed by atoms with Crippen LogP contribution in [0, 0.1) is 34.5 Å². The highest BCUT2D eigenvalue weighted by Crippen LogP contribution is 2.74. The Morgan fingerprint density at radius 2 is 1.89 bits per heavy atom. The molecule has 0 bridgehead atoms. The minimum Gasteiger partial charge on any atom is -0.459 e. The average Bonchev–Trinajstić information content (AvgIpc) is 3.55. The second-order valence-electron chi connectivity index (χ2n) is 13.4. The number of epoxide rings is 1. The zero-order chi connectivity index (χ0) is 27.6. The highest BCUT2D eigenvalue weighted by atomic mass is 16.6. The van der Waals surface area contributed by atoms with E-state index in [1.165, 1.54) is 19.1 Å². The lowest BCUT2D eigenvalue weighted by molar-refractivity contribution is -0.234. The molecule has 12 atom stereocenters. The molecule has 2 aliphatic heterocycles. The number of hydrogen-bond acceptors (Lipinski definition) is 8.